The van der Waals surface area contributed by atoms with Crippen LogP contribution in [0.4, 0.5) is 0 Å². The fourth-order valence-corrected chi connectivity index (χ4v) is 3.03. The van der Waals surface area contributed by atoms with Crippen molar-refractivity contribution in [1.82, 2.24) is 10.2 Å². The standard InChI is InChI=1S/C18H20N2O4S/c1-18(17(23)24,13-7-4-3-5-8-13)12-19-15(21)11-20(2)16(22)14-9-6-10-25-14/h3-10H,11-12H2,1-2H3,(H,19,21)(H,23,24). The van der Waals surface area contributed by atoms with Crippen LogP contribution in [-0.2, 0) is 15.0 Å². The number of rotatable bonds is 7. The smallest absolute Gasteiger partial charge is 0.315 e. The Balaban J connectivity index is 1.98. The third-order valence-corrected chi connectivity index (χ3v) is 4.84. The van der Waals surface area contributed by atoms with Gasteiger partial charge in [0.1, 0.15) is 5.41 Å². The number of likely N-dealkylation sites (N-methyl/N-ethyl adjacent to an activating group) is 1. The molecule has 0 saturated carbocycles. The van der Waals surface area contributed by atoms with Gasteiger partial charge in [-0.2, -0.15) is 0 Å². The lowest BCUT2D eigenvalue weighted by Gasteiger charge is -2.26. The molecular weight excluding hydrogens is 340 g/mol. The number of nitrogens with one attached hydrogen (secondary N) is 1. The first-order valence-corrected chi connectivity index (χ1v) is 8.57. The second-order valence-electron chi connectivity index (χ2n) is 5.92. The van der Waals surface area contributed by atoms with E-state index in [-0.39, 0.29) is 19.0 Å². The maximum absolute atomic E-state index is 12.1. The Labute approximate surface area is 150 Å². The molecule has 1 unspecified atom stereocenters. The molecule has 0 aliphatic rings. The topological polar surface area (TPSA) is 86.7 Å². The molecule has 0 radical (unpaired) electrons. The highest BCUT2D eigenvalue weighted by molar-refractivity contribution is 7.12. The third kappa shape index (κ3) is 4.45. The molecule has 6 nitrogen and oxygen atoms in total. The average Bonchev–Trinajstić information content (AvgIpc) is 3.14. The molecule has 2 aromatic rings. The molecule has 25 heavy (non-hydrogen) atoms. The SMILES string of the molecule is CN(CC(=O)NCC(C)(C(=O)O)c1ccccc1)C(=O)c1cccs1. The first-order valence-electron chi connectivity index (χ1n) is 7.69. The summed E-state index contributed by atoms with van der Waals surface area (Å²) in [5.74, 6) is -1.67. The largest absolute Gasteiger partial charge is 0.481 e. The Morgan fingerprint density at radius 3 is 2.40 bits per heavy atom. The van der Waals surface area contributed by atoms with Crippen molar-refractivity contribution < 1.29 is 19.5 Å². The van der Waals surface area contributed by atoms with Gasteiger partial charge >= 0.3 is 5.97 Å². The maximum Gasteiger partial charge on any atom is 0.315 e. The number of carboxylic acids is 1. The molecular formula is C18H20N2O4S. The third-order valence-electron chi connectivity index (χ3n) is 3.98. The lowest BCUT2D eigenvalue weighted by molar-refractivity contribution is -0.143. The molecule has 0 fully saturated rings. The van der Waals surface area contributed by atoms with Crippen LogP contribution in [0, 0.1) is 0 Å². The lowest BCUT2D eigenvalue weighted by atomic mass is 9.82. The molecule has 132 valence electrons. The first-order chi connectivity index (χ1) is 11.8. The van der Waals surface area contributed by atoms with Gasteiger partial charge in [-0.3, -0.25) is 14.4 Å². The molecule has 7 heteroatoms. The van der Waals surface area contributed by atoms with Crippen molar-refractivity contribution in [2.45, 2.75) is 12.3 Å². The van der Waals surface area contributed by atoms with Crippen molar-refractivity contribution in [1.29, 1.82) is 0 Å². The summed E-state index contributed by atoms with van der Waals surface area (Å²) < 4.78 is 0. The number of aliphatic carboxylic acids is 1. The quantitative estimate of drug-likeness (QED) is 0.790. The van der Waals surface area contributed by atoms with Crippen molar-refractivity contribution in [2.75, 3.05) is 20.1 Å². The van der Waals surface area contributed by atoms with Crippen LogP contribution in [0.25, 0.3) is 0 Å². The summed E-state index contributed by atoms with van der Waals surface area (Å²) in [6.07, 6.45) is 0. The summed E-state index contributed by atoms with van der Waals surface area (Å²) >= 11 is 1.30. The van der Waals surface area contributed by atoms with Crippen LogP contribution in [0.15, 0.2) is 47.8 Å². The van der Waals surface area contributed by atoms with E-state index < -0.39 is 17.3 Å². The number of thiophene rings is 1. The number of carbonyl (C=O) groups is 3. The van der Waals surface area contributed by atoms with Gasteiger partial charge in [0.15, 0.2) is 0 Å². The zero-order valence-electron chi connectivity index (χ0n) is 14.1. The Morgan fingerprint density at radius 2 is 1.84 bits per heavy atom. The molecule has 0 aliphatic heterocycles. The number of hydrogen-bond donors (Lipinski definition) is 2. The maximum atomic E-state index is 12.1. The minimum absolute atomic E-state index is 0.0633. The summed E-state index contributed by atoms with van der Waals surface area (Å²) in [5.41, 5.74) is -0.640. The number of carboxylic acid groups (broad SMARTS) is 1. The van der Waals surface area contributed by atoms with E-state index in [9.17, 15) is 19.5 Å². The fourth-order valence-electron chi connectivity index (χ4n) is 2.31. The molecule has 1 atom stereocenters. The van der Waals surface area contributed by atoms with Crippen LogP contribution < -0.4 is 5.32 Å². The molecule has 1 aromatic carbocycles. The predicted molar refractivity (Wildman–Crippen MR) is 95.7 cm³/mol. The molecule has 2 N–H and O–H groups in total. The van der Waals surface area contributed by atoms with Crippen molar-refractivity contribution in [3.05, 3.63) is 58.3 Å². The zero-order chi connectivity index (χ0) is 18.4. The highest BCUT2D eigenvalue weighted by Gasteiger charge is 2.35. The molecule has 1 heterocycles. The van der Waals surface area contributed by atoms with Gasteiger partial charge in [0, 0.05) is 13.6 Å². The number of hydrogen-bond acceptors (Lipinski definition) is 4. The molecule has 0 spiro atoms. The van der Waals surface area contributed by atoms with Crippen LogP contribution in [0.2, 0.25) is 0 Å². The molecule has 1 aromatic heterocycles. The van der Waals surface area contributed by atoms with Gasteiger partial charge in [0.25, 0.3) is 5.91 Å². The van der Waals surface area contributed by atoms with Gasteiger partial charge in [-0.25, -0.2) is 0 Å². The molecule has 2 rings (SSSR count). The molecule has 0 saturated heterocycles. The van der Waals surface area contributed by atoms with Gasteiger partial charge < -0.3 is 15.3 Å². The molecule has 0 bridgehead atoms. The Morgan fingerprint density at radius 1 is 1.16 bits per heavy atom. The summed E-state index contributed by atoms with van der Waals surface area (Å²) in [6.45, 7) is 1.36. The summed E-state index contributed by atoms with van der Waals surface area (Å²) in [6, 6.07) is 12.2. The Bertz CT molecular complexity index is 746. The van der Waals surface area contributed by atoms with Gasteiger partial charge in [0.05, 0.1) is 11.4 Å². The second kappa shape index (κ2) is 7.94. The Hall–Kier alpha value is -2.67. The number of nitrogens with zero attached hydrogens (tertiary/aromatic N) is 1. The average molecular weight is 360 g/mol. The van der Waals surface area contributed by atoms with E-state index in [2.05, 4.69) is 5.32 Å². The van der Waals surface area contributed by atoms with E-state index in [0.717, 1.165) is 0 Å². The van der Waals surface area contributed by atoms with Crippen LogP contribution in [0.1, 0.15) is 22.2 Å². The van der Waals surface area contributed by atoms with Crippen molar-refractivity contribution >= 4 is 29.1 Å². The number of carbonyl (C=O) groups excluding carboxylic acids is 2. The van der Waals surface area contributed by atoms with E-state index in [1.54, 1.807) is 54.8 Å². The van der Waals surface area contributed by atoms with E-state index in [1.165, 1.54) is 23.3 Å². The molecule has 0 aliphatic carbocycles. The number of benzene rings is 1. The predicted octanol–water partition coefficient (Wildman–Crippen LogP) is 1.98. The minimum atomic E-state index is -1.24. The van der Waals surface area contributed by atoms with E-state index in [4.69, 9.17) is 0 Å². The highest BCUT2D eigenvalue weighted by atomic mass is 32.1. The zero-order valence-corrected chi connectivity index (χ0v) is 14.9. The minimum Gasteiger partial charge on any atom is -0.481 e. The first kappa shape index (κ1) is 18.7. The van der Waals surface area contributed by atoms with E-state index >= 15 is 0 Å². The Kier molecular flexibility index (Phi) is 5.93. The number of amides is 2. The monoisotopic (exact) mass is 360 g/mol. The van der Waals surface area contributed by atoms with Gasteiger partial charge in [-0.1, -0.05) is 36.4 Å². The van der Waals surface area contributed by atoms with Crippen molar-refractivity contribution in [3.63, 3.8) is 0 Å². The van der Waals surface area contributed by atoms with Crippen LogP contribution >= 0.6 is 11.3 Å². The lowest BCUT2D eigenvalue weighted by Crippen LogP contribution is -2.47. The van der Waals surface area contributed by atoms with Crippen LogP contribution in [-0.4, -0.2) is 47.9 Å². The van der Waals surface area contributed by atoms with Crippen LogP contribution in [0.3, 0.4) is 0 Å². The highest BCUT2D eigenvalue weighted by Crippen LogP contribution is 2.23. The van der Waals surface area contributed by atoms with Crippen LogP contribution in [0.5, 0.6) is 0 Å². The summed E-state index contributed by atoms with van der Waals surface area (Å²) in [4.78, 5) is 37.8. The van der Waals surface area contributed by atoms with E-state index in [0.29, 0.717) is 10.4 Å². The van der Waals surface area contributed by atoms with E-state index in [1.807, 2.05) is 0 Å². The van der Waals surface area contributed by atoms with Crippen molar-refractivity contribution in [2.24, 2.45) is 0 Å². The molecule has 2 amide bonds. The second-order valence-corrected chi connectivity index (χ2v) is 6.87. The summed E-state index contributed by atoms with van der Waals surface area (Å²) in [5, 5.41) is 14.0. The fraction of sp³-hybridized carbons (Fsp3) is 0.278. The van der Waals surface area contributed by atoms with Gasteiger partial charge in [-0.05, 0) is 23.9 Å². The normalized spacial score (nSPS) is 12.9. The summed E-state index contributed by atoms with van der Waals surface area (Å²) in [7, 11) is 1.54. The van der Waals surface area contributed by atoms with Crippen molar-refractivity contribution in [3.8, 4) is 0 Å². The van der Waals surface area contributed by atoms with Gasteiger partial charge in [0.2, 0.25) is 5.91 Å². The van der Waals surface area contributed by atoms with Gasteiger partial charge in [-0.15, -0.1) is 11.3 Å².